The van der Waals surface area contributed by atoms with E-state index in [-0.39, 0.29) is 0 Å². The summed E-state index contributed by atoms with van der Waals surface area (Å²) in [5, 5.41) is 0.667. The molecule has 0 atom stereocenters. The average molecular weight is 208 g/mol. The van der Waals surface area contributed by atoms with E-state index >= 15 is 0 Å². The Kier molecular flexibility index (Phi) is 3.36. The minimum absolute atomic E-state index is 0.667. The molecule has 0 aromatic carbocycles. The summed E-state index contributed by atoms with van der Waals surface area (Å²) in [4.78, 5) is 0. The van der Waals surface area contributed by atoms with E-state index in [1.165, 1.54) is 4.21 Å². The van der Waals surface area contributed by atoms with Gasteiger partial charge < -0.3 is 0 Å². The van der Waals surface area contributed by atoms with Crippen LogP contribution in [0, 0.1) is 3.82 Å². The SMILES string of the molecule is CC(C)Sc1cc(=S)ss1. The summed E-state index contributed by atoms with van der Waals surface area (Å²) in [6.45, 7) is 4.39. The van der Waals surface area contributed by atoms with E-state index in [0.717, 1.165) is 3.82 Å². The van der Waals surface area contributed by atoms with E-state index in [0.29, 0.717) is 5.25 Å². The van der Waals surface area contributed by atoms with Gasteiger partial charge in [-0.1, -0.05) is 46.7 Å². The molecule has 0 amide bonds. The molecule has 1 aromatic rings. The first-order valence-corrected chi connectivity index (χ1v) is 6.39. The summed E-state index contributed by atoms with van der Waals surface area (Å²) in [5.41, 5.74) is 0. The van der Waals surface area contributed by atoms with Gasteiger partial charge in [-0.05, 0) is 6.07 Å². The third-order valence-electron chi connectivity index (χ3n) is 0.793. The molecule has 0 aliphatic carbocycles. The lowest BCUT2D eigenvalue weighted by atomic mass is 10.6. The van der Waals surface area contributed by atoms with Crippen LogP contribution in [0.5, 0.6) is 0 Å². The Morgan fingerprint density at radius 1 is 1.50 bits per heavy atom. The first kappa shape index (κ1) is 8.71. The topological polar surface area (TPSA) is 0 Å². The molecular formula is C6H8S4. The molecule has 1 heterocycles. The zero-order valence-corrected chi connectivity index (χ0v) is 9.05. The Bertz CT molecular complexity index is 244. The van der Waals surface area contributed by atoms with Crippen LogP contribution < -0.4 is 0 Å². The summed E-state index contributed by atoms with van der Waals surface area (Å²) in [7, 11) is 3.46. The van der Waals surface area contributed by atoms with Gasteiger partial charge in [-0.3, -0.25) is 0 Å². The minimum atomic E-state index is 0.667. The van der Waals surface area contributed by atoms with Crippen molar-refractivity contribution in [3.05, 3.63) is 9.89 Å². The van der Waals surface area contributed by atoms with Crippen LogP contribution in [0.15, 0.2) is 10.3 Å². The van der Waals surface area contributed by atoms with E-state index in [1.807, 2.05) is 11.8 Å². The molecule has 0 aliphatic rings. The fraction of sp³-hybridized carbons (Fsp3) is 0.500. The maximum atomic E-state index is 5.00. The zero-order valence-electron chi connectivity index (χ0n) is 5.79. The quantitative estimate of drug-likeness (QED) is 0.409. The molecule has 56 valence electrons. The standard InChI is InChI=1S/C6H8S4/c1-4(2)8-6-3-5(7)9-10-6/h3-4H,1-2H3. The lowest BCUT2D eigenvalue weighted by Crippen LogP contribution is -1.81. The predicted octanol–water partition coefficient (Wildman–Crippen LogP) is 4.04. The minimum Gasteiger partial charge on any atom is -0.112 e. The van der Waals surface area contributed by atoms with Crippen molar-refractivity contribution in [2.24, 2.45) is 0 Å². The molecule has 1 rings (SSSR count). The molecule has 10 heavy (non-hydrogen) atoms. The van der Waals surface area contributed by atoms with Crippen LogP contribution in [0.4, 0.5) is 0 Å². The predicted molar refractivity (Wildman–Crippen MR) is 54.0 cm³/mol. The van der Waals surface area contributed by atoms with Crippen LogP contribution in [-0.4, -0.2) is 5.25 Å². The molecule has 0 fully saturated rings. The van der Waals surface area contributed by atoms with Crippen molar-refractivity contribution in [1.82, 2.24) is 0 Å². The second-order valence-electron chi connectivity index (χ2n) is 2.12. The van der Waals surface area contributed by atoms with E-state index < -0.39 is 0 Å². The van der Waals surface area contributed by atoms with E-state index in [2.05, 4.69) is 19.9 Å². The Labute approximate surface area is 77.7 Å². The van der Waals surface area contributed by atoms with Gasteiger partial charge in [-0.2, -0.15) is 0 Å². The average Bonchev–Trinajstić information content (AvgIpc) is 2.13. The highest BCUT2D eigenvalue weighted by Crippen LogP contribution is 2.31. The first-order valence-electron chi connectivity index (χ1n) is 2.95. The van der Waals surface area contributed by atoms with Crippen LogP contribution in [0.2, 0.25) is 0 Å². The Morgan fingerprint density at radius 3 is 2.60 bits per heavy atom. The van der Waals surface area contributed by atoms with Crippen LogP contribution in [-0.2, 0) is 0 Å². The van der Waals surface area contributed by atoms with Gasteiger partial charge in [0.1, 0.15) is 3.82 Å². The third-order valence-corrected chi connectivity index (χ3v) is 5.13. The van der Waals surface area contributed by atoms with Crippen molar-refractivity contribution < 1.29 is 0 Å². The van der Waals surface area contributed by atoms with Crippen molar-refractivity contribution in [3.8, 4) is 0 Å². The Morgan fingerprint density at radius 2 is 2.20 bits per heavy atom. The molecule has 0 unspecified atom stereocenters. The second-order valence-corrected chi connectivity index (χ2v) is 6.90. The zero-order chi connectivity index (χ0) is 7.56. The van der Waals surface area contributed by atoms with Crippen LogP contribution in [0.3, 0.4) is 0 Å². The number of hydrogen-bond donors (Lipinski definition) is 0. The molecule has 0 N–H and O–H groups in total. The van der Waals surface area contributed by atoms with Gasteiger partial charge in [0.2, 0.25) is 0 Å². The van der Waals surface area contributed by atoms with Gasteiger partial charge in [0.15, 0.2) is 0 Å². The van der Waals surface area contributed by atoms with Gasteiger partial charge in [0, 0.05) is 5.25 Å². The van der Waals surface area contributed by atoms with Crippen LogP contribution in [0.1, 0.15) is 13.8 Å². The van der Waals surface area contributed by atoms with Crippen molar-refractivity contribution in [3.63, 3.8) is 0 Å². The summed E-state index contributed by atoms with van der Waals surface area (Å²) in [6.07, 6.45) is 0. The monoisotopic (exact) mass is 208 g/mol. The smallest absolute Gasteiger partial charge is 0.103 e. The summed E-state index contributed by atoms with van der Waals surface area (Å²) >= 11 is 6.88. The van der Waals surface area contributed by atoms with Gasteiger partial charge in [0.05, 0.1) is 4.21 Å². The van der Waals surface area contributed by atoms with Crippen LogP contribution in [0.25, 0.3) is 0 Å². The van der Waals surface area contributed by atoms with Crippen molar-refractivity contribution in [2.75, 3.05) is 0 Å². The molecule has 0 radical (unpaired) electrons. The molecule has 4 heteroatoms. The largest absolute Gasteiger partial charge is 0.112 e. The molecule has 0 aliphatic heterocycles. The van der Waals surface area contributed by atoms with Gasteiger partial charge in [0.25, 0.3) is 0 Å². The lowest BCUT2D eigenvalue weighted by Gasteiger charge is -1.97. The number of rotatable bonds is 2. The molecule has 0 bridgehead atoms. The first-order chi connectivity index (χ1) is 4.68. The summed E-state index contributed by atoms with van der Waals surface area (Å²) in [6, 6.07) is 2.08. The Hall–Kier alpha value is 0.620. The van der Waals surface area contributed by atoms with Gasteiger partial charge >= 0.3 is 0 Å². The summed E-state index contributed by atoms with van der Waals surface area (Å²) in [5.74, 6) is 0. The molecule has 0 spiro atoms. The fourth-order valence-corrected chi connectivity index (χ4v) is 4.56. The number of hydrogen-bond acceptors (Lipinski definition) is 4. The summed E-state index contributed by atoms with van der Waals surface area (Å²) < 4.78 is 2.36. The second kappa shape index (κ2) is 3.85. The maximum Gasteiger partial charge on any atom is 0.103 e. The van der Waals surface area contributed by atoms with Crippen LogP contribution >= 0.6 is 44.7 Å². The normalized spacial score (nSPS) is 10.7. The van der Waals surface area contributed by atoms with Gasteiger partial charge in [-0.15, -0.1) is 11.8 Å². The van der Waals surface area contributed by atoms with Crippen molar-refractivity contribution >= 4 is 44.7 Å². The number of thioether (sulfide) groups is 1. The maximum absolute atomic E-state index is 5.00. The van der Waals surface area contributed by atoms with Gasteiger partial charge in [-0.25, -0.2) is 0 Å². The highest BCUT2D eigenvalue weighted by atomic mass is 32.9. The fourth-order valence-electron chi connectivity index (χ4n) is 0.512. The van der Waals surface area contributed by atoms with Crippen molar-refractivity contribution in [1.29, 1.82) is 0 Å². The molecule has 1 aromatic heterocycles. The van der Waals surface area contributed by atoms with Crippen molar-refractivity contribution in [2.45, 2.75) is 23.3 Å². The molecule has 0 saturated carbocycles. The lowest BCUT2D eigenvalue weighted by molar-refractivity contribution is 1.11. The highest BCUT2D eigenvalue weighted by Gasteiger charge is 1.99. The van der Waals surface area contributed by atoms with E-state index in [1.54, 1.807) is 20.7 Å². The molecular weight excluding hydrogens is 200 g/mol. The molecule has 0 nitrogen and oxygen atoms in total. The Balaban J connectivity index is 2.67. The molecule has 0 saturated heterocycles. The van der Waals surface area contributed by atoms with E-state index in [4.69, 9.17) is 12.2 Å². The third kappa shape index (κ3) is 2.70. The van der Waals surface area contributed by atoms with E-state index in [9.17, 15) is 0 Å². The highest BCUT2D eigenvalue weighted by molar-refractivity contribution is 8.03.